The third-order valence-corrected chi connectivity index (χ3v) is 8.75. The molecule has 0 amide bonds. The number of nitro benzene ring substituents is 1. The highest BCUT2D eigenvalue weighted by Crippen LogP contribution is 2.52. The van der Waals surface area contributed by atoms with E-state index in [-0.39, 0.29) is 16.3 Å². The third-order valence-electron chi connectivity index (χ3n) is 7.38. The van der Waals surface area contributed by atoms with Crippen molar-refractivity contribution in [1.82, 2.24) is 0 Å². The predicted molar refractivity (Wildman–Crippen MR) is 128 cm³/mol. The van der Waals surface area contributed by atoms with Crippen LogP contribution in [0.15, 0.2) is 46.4 Å². The Labute approximate surface area is 193 Å². The van der Waals surface area contributed by atoms with Gasteiger partial charge in [-0.1, -0.05) is 17.7 Å². The summed E-state index contributed by atoms with van der Waals surface area (Å²) in [5.74, 6) is 2.54. The Morgan fingerprint density at radius 1 is 0.939 bits per heavy atom. The fraction of sp³-hybridized carbons (Fsp3) is 0.458. The fourth-order valence-electron chi connectivity index (χ4n) is 6.03. The Morgan fingerprint density at radius 3 is 2.18 bits per heavy atom. The maximum Gasteiger partial charge on any atom is 0.295 e. The number of rotatable bonds is 6. The van der Waals surface area contributed by atoms with Crippen LogP contribution in [-0.4, -0.2) is 19.1 Å². The van der Waals surface area contributed by atoms with Crippen LogP contribution in [0.25, 0.3) is 0 Å². The molecule has 0 spiro atoms. The van der Waals surface area contributed by atoms with E-state index in [9.17, 15) is 18.5 Å². The van der Waals surface area contributed by atoms with Crippen molar-refractivity contribution in [2.75, 3.05) is 10.1 Å². The van der Waals surface area contributed by atoms with Crippen LogP contribution in [0.5, 0.6) is 0 Å². The van der Waals surface area contributed by atoms with Crippen LogP contribution in [0.1, 0.15) is 43.2 Å². The topological polar surface area (TPSA) is 114 Å². The van der Waals surface area contributed by atoms with Gasteiger partial charge in [0.05, 0.1) is 15.5 Å². The van der Waals surface area contributed by atoms with Crippen LogP contribution in [0.2, 0.25) is 0 Å². The molecule has 4 aliphatic rings. The van der Waals surface area contributed by atoms with E-state index in [0.29, 0.717) is 17.5 Å². The number of hydrogen-bond donors (Lipinski definition) is 2. The second kappa shape index (κ2) is 8.13. The first-order chi connectivity index (χ1) is 15.7. The molecule has 8 nitrogen and oxygen atoms in total. The lowest BCUT2D eigenvalue weighted by Crippen LogP contribution is -2.45. The van der Waals surface area contributed by atoms with Gasteiger partial charge in [0.2, 0.25) is 0 Å². The molecule has 4 fully saturated rings. The van der Waals surface area contributed by atoms with Crippen LogP contribution in [0.3, 0.4) is 0 Å². The van der Waals surface area contributed by atoms with Crippen LogP contribution >= 0.6 is 0 Å². The van der Waals surface area contributed by atoms with Gasteiger partial charge in [-0.25, -0.2) is 8.42 Å². The number of sulfonamides is 1. The second-order valence-corrected chi connectivity index (χ2v) is 11.5. The molecule has 33 heavy (non-hydrogen) atoms. The van der Waals surface area contributed by atoms with Gasteiger partial charge in [-0.05, 0) is 93.4 Å². The van der Waals surface area contributed by atoms with Crippen molar-refractivity contribution in [1.29, 1.82) is 0 Å². The summed E-state index contributed by atoms with van der Waals surface area (Å²) in [4.78, 5) is 11.0. The van der Waals surface area contributed by atoms with Crippen molar-refractivity contribution in [3.05, 3.63) is 57.6 Å². The molecule has 2 aromatic carbocycles. The average molecular weight is 469 g/mol. The number of nitro groups is 1. The molecule has 4 saturated carbocycles. The minimum Gasteiger partial charge on any atom is -0.279 e. The molecule has 9 heteroatoms. The zero-order valence-corrected chi connectivity index (χ0v) is 19.6. The van der Waals surface area contributed by atoms with Crippen molar-refractivity contribution in [2.45, 2.75) is 50.8 Å². The molecule has 0 saturated heterocycles. The molecule has 174 valence electrons. The number of aryl methyl sites for hydroxylation is 2. The zero-order valence-electron chi connectivity index (χ0n) is 18.7. The van der Waals surface area contributed by atoms with Gasteiger partial charge in [0.1, 0.15) is 5.69 Å². The fourth-order valence-corrected chi connectivity index (χ4v) is 7.18. The van der Waals surface area contributed by atoms with Crippen molar-refractivity contribution < 1.29 is 13.3 Å². The summed E-state index contributed by atoms with van der Waals surface area (Å²) < 4.78 is 28.4. The van der Waals surface area contributed by atoms with E-state index in [1.54, 1.807) is 6.07 Å². The number of benzene rings is 2. The van der Waals surface area contributed by atoms with Gasteiger partial charge in [-0.2, -0.15) is 5.10 Å². The molecule has 6 rings (SSSR count). The minimum atomic E-state index is -3.99. The van der Waals surface area contributed by atoms with Gasteiger partial charge >= 0.3 is 0 Å². The Morgan fingerprint density at radius 2 is 1.58 bits per heavy atom. The number of nitrogens with one attached hydrogen (secondary N) is 2. The normalized spacial score (nSPS) is 25.7. The molecule has 4 aliphatic carbocycles. The van der Waals surface area contributed by atoms with Gasteiger partial charge in [0, 0.05) is 11.8 Å². The first-order valence-corrected chi connectivity index (χ1v) is 12.9. The summed E-state index contributed by atoms with van der Waals surface area (Å²) in [6.45, 7) is 3.73. The van der Waals surface area contributed by atoms with E-state index in [2.05, 4.69) is 15.2 Å². The molecule has 0 unspecified atom stereocenters. The maximum atomic E-state index is 12.9. The van der Waals surface area contributed by atoms with Gasteiger partial charge in [0.15, 0.2) is 0 Å². The van der Waals surface area contributed by atoms with E-state index in [1.807, 2.05) is 26.0 Å². The monoisotopic (exact) mass is 468 g/mol. The summed E-state index contributed by atoms with van der Waals surface area (Å²) in [6.07, 6.45) is 5.99. The highest BCUT2D eigenvalue weighted by Gasteiger charge is 2.46. The molecule has 0 aromatic heterocycles. The Balaban J connectivity index is 1.40. The lowest BCUT2D eigenvalue weighted by molar-refractivity contribution is -0.384. The predicted octanol–water partition coefficient (Wildman–Crippen LogP) is 5.24. The Kier molecular flexibility index (Phi) is 5.39. The van der Waals surface area contributed by atoms with Crippen LogP contribution in [0, 0.1) is 47.6 Å². The summed E-state index contributed by atoms with van der Waals surface area (Å²) in [5, 5.41) is 16.4. The lowest BCUT2D eigenvalue weighted by Gasteiger charge is -2.50. The molecule has 0 aliphatic heterocycles. The molecule has 0 radical (unpaired) electrons. The number of anilines is 2. The van der Waals surface area contributed by atoms with Crippen molar-refractivity contribution >= 4 is 32.8 Å². The number of nitrogens with zero attached hydrogens (tertiary/aromatic N) is 2. The lowest BCUT2D eigenvalue weighted by atomic mass is 9.55. The van der Waals surface area contributed by atoms with E-state index in [4.69, 9.17) is 0 Å². The van der Waals surface area contributed by atoms with Crippen molar-refractivity contribution in [3.63, 3.8) is 0 Å². The smallest absolute Gasteiger partial charge is 0.279 e. The molecule has 0 heterocycles. The Hall–Kier alpha value is -2.94. The zero-order chi connectivity index (χ0) is 23.3. The Bertz CT molecular complexity index is 1230. The van der Waals surface area contributed by atoms with Crippen LogP contribution in [0.4, 0.5) is 17.1 Å². The molecular formula is C24H28N4O4S. The standard InChI is InChI=1S/C24H28N4O4S/c1-14-3-5-21(15(2)7-14)27-33(31,32)20-4-6-22(23(13-20)28(29)30)25-26-24-18-9-16-8-17(11-18)12-19(24)10-16/h3-7,13,16-19,25,27H,8-12H2,1-2H3. The third kappa shape index (κ3) is 4.21. The summed E-state index contributed by atoms with van der Waals surface area (Å²) in [7, 11) is -3.99. The SMILES string of the molecule is Cc1ccc(NS(=O)(=O)c2ccc(NN=C3C4CC5CC(C4)CC3C5)c([N+](=O)[O-])c2)c(C)c1. The largest absolute Gasteiger partial charge is 0.295 e. The number of hydrazone groups is 1. The van der Waals surface area contributed by atoms with Crippen LogP contribution < -0.4 is 10.1 Å². The van der Waals surface area contributed by atoms with E-state index in [1.165, 1.54) is 18.6 Å². The van der Waals surface area contributed by atoms with Gasteiger partial charge in [0.25, 0.3) is 15.7 Å². The van der Waals surface area contributed by atoms with Crippen molar-refractivity contribution in [2.24, 2.45) is 28.8 Å². The molecule has 4 bridgehead atoms. The summed E-state index contributed by atoms with van der Waals surface area (Å²) in [5.41, 5.74) is 6.15. The quantitative estimate of drug-likeness (QED) is 0.445. The highest BCUT2D eigenvalue weighted by molar-refractivity contribution is 7.92. The first kappa shape index (κ1) is 21.9. The molecule has 0 atom stereocenters. The molecule has 2 N–H and O–H groups in total. The molecular weight excluding hydrogens is 440 g/mol. The van der Waals surface area contributed by atoms with Crippen LogP contribution in [-0.2, 0) is 10.0 Å². The van der Waals surface area contributed by atoms with E-state index >= 15 is 0 Å². The van der Waals surface area contributed by atoms with Gasteiger partial charge in [-0.3, -0.25) is 20.3 Å². The summed E-state index contributed by atoms with van der Waals surface area (Å²) >= 11 is 0. The van der Waals surface area contributed by atoms with E-state index < -0.39 is 14.9 Å². The molecule has 2 aromatic rings. The maximum absolute atomic E-state index is 12.9. The number of hydrogen-bond acceptors (Lipinski definition) is 6. The van der Waals surface area contributed by atoms with Gasteiger partial charge in [-0.15, -0.1) is 0 Å². The van der Waals surface area contributed by atoms with E-state index in [0.717, 1.165) is 60.4 Å². The van der Waals surface area contributed by atoms with Crippen molar-refractivity contribution in [3.8, 4) is 0 Å². The highest BCUT2D eigenvalue weighted by atomic mass is 32.2. The average Bonchev–Trinajstić information content (AvgIpc) is 2.74. The first-order valence-electron chi connectivity index (χ1n) is 11.4. The minimum absolute atomic E-state index is 0.165. The second-order valence-electron chi connectivity index (χ2n) is 9.81. The van der Waals surface area contributed by atoms with Gasteiger partial charge < -0.3 is 0 Å². The summed E-state index contributed by atoms with van der Waals surface area (Å²) in [6, 6.07) is 9.26.